The quantitative estimate of drug-likeness (QED) is 0.135. The van der Waals surface area contributed by atoms with Gasteiger partial charge in [-0.05, 0) is 49.2 Å². The lowest BCUT2D eigenvalue weighted by Gasteiger charge is -2.22. The van der Waals surface area contributed by atoms with E-state index in [9.17, 15) is 19.7 Å². The van der Waals surface area contributed by atoms with E-state index < -0.39 is 23.1 Å². The number of halogens is 1. The molecule has 0 aliphatic heterocycles. The number of rotatable bonds is 9. The number of nitrogens with zero attached hydrogens (tertiary/aromatic N) is 4. The van der Waals surface area contributed by atoms with E-state index in [2.05, 4.69) is 26.3 Å². The smallest absolute Gasteiger partial charge is 0.315 e. The standard InChI is InChI=1S/C30H28BrN5O6/c1-41-26-15-19(14-25(36(39)40)28(26)42-18-27(37)33-22-10-6-3-7-11-22)17-32-35-29(20-8-4-2-5-9-20)34-24-13-12-21(31)16-23(24)30(35)38/h3,6-7,10-17,20H,2,4-5,8-9,18H2,1H3,(H,33,37). The Bertz CT molecular complexity index is 1720. The van der Waals surface area contributed by atoms with Crippen molar-refractivity contribution in [2.45, 2.75) is 38.0 Å². The molecule has 0 saturated heterocycles. The molecule has 1 aromatic heterocycles. The lowest BCUT2D eigenvalue weighted by Crippen LogP contribution is -2.25. The van der Waals surface area contributed by atoms with E-state index in [1.54, 1.807) is 36.4 Å². The van der Waals surface area contributed by atoms with Crippen LogP contribution in [-0.2, 0) is 4.79 Å². The second-order valence-corrected chi connectivity index (χ2v) is 10.8. The highest BCUT2D eigenvalue weighted by atomic mass is 79.9. The third kappa shape index (κ3) is 6.49. The van der Waals surface area contributed by atoms with Gasteiger partial charge in [-0.15, -0.1) is 0 Å². The summed E-state index contributed by atoms with van der Waals surface area (Å²) in [5, 5.41) is 19.5. The van der Waals surface area contributed by atoms with Crippen molar-refractivity contribution in [2.24, 2.45) is 5.10 Å². The number of ether oxygens (including phenoxy) is 2. The van der Waals surface area contributed by atoms with Crippen LogP contribution < -0.4 is 20.3 Å². The summed E-state index contributed by atoms with van der Waals surface area (Å²) >= 11 is 3.42. The topological polar surface area (TPSA) is 138 Å². The Morgan fingerprint density at radius 2 is 1.93 bits per heavy atom. The first kappa shape index (κ1) is 28.9. The Kier molecular flexibility index (Phi) is 8.91. The van der Waals surface area contributed by atoms with E-state index in [0.717, 1.165) is 36.6 Å². The summed E-state index contributed by atoms with van der Waals surface area (Å²) in [5.41, 5.74) is 0.714. The van der Waals surface area contributed by atoms with Crippen molar-refractivity contribution >= 4 is 50.3 Å². The zero-order chi connectivity index (χ0) is 29.6. The van der Waals surface area contributed by atoms with E-state index in [4.69, 9.17) is 14.5 Å². The molecule has 1 fully saturated rings. The van der Waals surface area contributed by atoms with Crippen LogP contribution in [0, 0.1) is 10.1 Å². The number of hydrogen-bond acceptors (Lipinski definition) is 8. The average molecular weight is 634 g/mol. The van der Waals surface area contributed by atoms with Gasteiger partial charge in [0, 0.05) is 27.7 Å². The van der Waals surface area contributed by atoms with E-state index in [1.165, 1.54) is 30.1 Å². The van der Waals surface area contributed by atoms with Crippen molar-refractivity contribution in [2.75, 3.05) is 19.0 Å². The van der Waals surface area contributed by atoms with Crippen LogP contribution in [0.3, 0.4) is 0 Å². The zero-order valence-electron chi connectivity index (χ0n) is 22.8. The fourth-order valence-corrected chi connectivity index (χ4v) is 5.36. The van der Waals surface area contributed by atoms with Gasteiger partial charge < -0.3 is 14.8 Å². The number of fused-ring (bicyclic) bond motifs is 1. The maximum absolute atomic E-state index is 13.6. The normalized spacial score (nSPS) is 13.8. The van der Waals surface area contributed by atoms with Crippen LogP contribution in [0.2, 0.25) is 0 Å². The van der Waals surface area contributed by atoms with Crippen LogP contribution in [-0.4, -0.2) is 40.4 Å². The number of carbonyl (C=O) groups is 1. The predicted molar refractivity (Wildman–Crippen MR) is 163 cm³/mol. The number of carbonyl (C=O) groups excluding carboxylic acids is 1. The molecule has 11 nitrogen and oxygen atoms in total. The number of anilines is 1. The van der Waals surface area contributed by atoms with Gasteiger partial charge in [0.05, 0.1) is 29.2 Å². The Hall–Kier alpha value is -4.58. The molecule has 216 valence electrons. The van der Waals surface area contributed by atoms with Gasteiger partial charge in [-0.25, -0.2) is 4.98 Å². The molecule has 0 spiro atoms. The number of amides is 1. The third-order valence-electron chi connectivity index (χ3n) is 7.01. The summed E-state index contributed by atoms with van der Waals surface area (Å²) < 4.78 is 13.0. The van der Waals surface area contributed by atoms with Crippen molar-refractivity contribution in [3.63, 3.8) is 0 Å². The molecule has 4 aromatic rings. The van der Waals surface area contributed by atoms with Gasteiger partial charge in [-0.2, -0.15) is 9.78 Å². The van der Waals surface area contributed by atoms with Crippen LogP contribution >= 0.6 is 15.9 Å². The van der Waals surface area contributed by atoms with Crippen molar-refractivity contribution in [1.82, 2.24) is 9.66 Å². The number of hydrogen-bond donors (Lipinski definition) is 1. The van der Waals surface area contributed by atoms with Crippen LogP contribution in [0.25, 0.3) is 10.9 Å². The molecule has 1 amide bonds. The number of benzene rings is 3. The van der Waals surface area contributed by atoms with Crippen molar-refractivity contribution in [3.8, 4) is 11.5 Å². The summed E-state index contributed by atoms with van der Waals surface area (Å²) in [6, 6.07) is 16.9. The molecule has 12 heteroatoms. The van der Waals surface area contributed by atoms with Gasteiger partial charge in [0.2, 0.25) is 5.75 Å². The number of aromatic nitrogens is 2. The summed E-state index contributed by atoms with van der Waals surface area (Å²) in [6.07, 6.45) is 6.37. The minimum Gasteiger partial charge on any atom is -0.493 e. The molecule has 0 bridgehead atoms. The SMILES string of the molecule is COc1cc(C=Nn2c(C3CCCCC3)nc3ccc(Br)cc3c2=O)cc([N+](=O)[O-])c1OCC(=O)Nc1ccccc1. The van der Waals surface area contributed by atoms with Gasteiger partial charge in [0.15, 0.2) is 12.4 Å². The fraction of sp³-hybridized carbons (Fsp3) is 0.267. The van der Waals surface area contributed by atoms with E-state index in [0.29, 0.717) is 28.0 Å². The molecule has 1 aliphatic carbocycles. The highest BCUT2D eigenvalue weighted by Gasteiger charge is 2.25. The fourth-order valence-electron chi connectivity index (χ4n) is 5.00. The van der Waals surface area contributed by atoms with Gasteiger partial charge >= 0.3 is 5.69 Å². The summed E-state index contributed by atoms with van der Waals surface area (Å²) in [6.45, 7) is -0.474. The van der Waals surface area contributed by atoms with Crippen LogP contribution in [0.5, 0.6) is 11.5 Å². The van der Waals surface area contributed by atoms with Crippen LogP contribution in [0.15, 0.2) is 75.0 Å². The Morgan fingerprint density at radius 1 is 1.17 bits per heavy atom. The molecule has 0 unspecified atom stereocenters. The lowest BCUT2D eigenvalue weighted by molar-refractivity contribution is -0.385. The van der Waals surface area contributed by atoms with Crippen molar-refractivity contribution in [1.29, 1.82) is 0 Å². The number of nitrogens with one attached hydrogen (secondary N) is 1. The first-order valence-electron chi connectivity index (χ1n) is 13.4. The number of nitro benzene ring substituents is 1. The monoisotopic (exact) mass is 633 g/mol. The molecular formula is C30H28BrN5O6. The Labute approximate surface area is 249 Å². The highest BCUT2D eigenvalue weighted by Crippen LogP contribution is 2.38. The summed E-state index contributed by atoms with van der Waals surface area (Å²) in [7, 11) is 1.34. The molecular weight excluding hydrogens is 606 g/mol. The van der Waals surface area contributed by atoms with Gasteiger partial charge in [0.25, 0.3) is 11.5 Å². The van der Waals surface area contributed by atoms with Gasteiger partial charge in [0.1, 0.15) is 5.82 Å². The summed E-state index contributed by atoms with van der Waals surface area (Å²) in [5.74, 6) is -0.0121. The lowest BCUT2D eigenvalue weighted by atomic mass is 9.88. The summed E-state index contributed by atoms with van der Waals surface area (Å²) in [4.78, 5) is 42.2. The van der Waals surface area contributed by atoms with Crippen molar-refractivity contribution in [3.05, 3.63) is 97.0 Å². The minimum atomic E-state index is -0.626. The zero-order valence-corrected chi connectivity index (χ0v) is 24.4. The maximum Gasteiger partial charge on any atom is 0.315 e. The number of nitro groups is 1. The largest absolute Gasteiger partial charge is 0.493 e. The van der Waals surface area contributed by atoms with Gasteiger partial charge in [-0.1, -0.05) is 53.4 Å². The second kappa shape index (κ2) is 12.9. The van der Waals surface area contributed by atoms with E-state index >= 15 is 0 Å². The molecule has 1 heterocycles. The molecule has 0 atom stereocenters. The first-order chi connectivity index (χ1) is 20.3. The Morgan fingerprint density at radius 3 is 2.64 bits per heavy atom. The number of para-hydroxylation sites is 1. The van der Waals surface area contributed by atoms with Gasteiger partial charge in [-0.3, -0.25) is 19.7 Å². The van der Waals surface area contributed by atoms with E-state index in [-0.39, 0.29) is 23.0 Å². The van der Waals surface area contributed by atoms with Crippen molar-refractivity contribution < 1.29 is 19.2 Å². The second-order valence-electron chi connectivity index (χ2n) is 9.86. The van der Waals surface area contributed by atoms with Crippen LogP contribution in [0.1, 0.15) is 49.4 Å². The Balaban J connectivity index is 1.48. The predicted octanol–water partition coefficient (Wildman–Crippen LogP) is 6.02. The molecule has 42 heavy (non-hydrogen) atoms. The average Bonchev–Trinajstić information content (AvgIpc) is 3.00. The molecule has 5 rings (SSSR count). The van der Waals surface area contributed by atoms with Crippen LogP contribution in [0.4, 0.5) is 11.4 Å². The molecule has 1 saturated carbocycles. The maximum atomic E-state index is 13.6. The minimum absolute atomic E-state index is 0.0404. The molecule has 3 aromatic carbocycles. The number of methoxy groups -OCH3 is 1. The van der Waals surface area contributed by atoms with E-state index in [1.807, 2.05) is 12.1 Å². The molecule has 1 N–H and O–H groups in total. The first-order valence-corrected chi connectivity index (χ1v) is 14.2. The third-order valence-corrected chi connectivity index (χ3v) is 7.50. The molecule has 1 aliphatic rings. The molecule has 0 radical (unpaired) electrons. The highest BCUT2D eigenvalue weighted by molar-refractivity contribution is 9.10.